The summed E-state index contributed by atoms with van der Waals surface area (Å²) in [4.78, 5) is 28.4. The van der Waals surface area contributed by atoms with Crippen LogP contribution in [0, 0.1) is 5.82 Å². The first-order chi connectivity index (χ1) is 16.8. The third kappa shape index (κ3) is 8.71. The van der Waals surface area contributed by atoms with Crippen LogP contribution >= 0.6 is 23.4 Å². The highest BCUT2D eigenvalue weighted by Crippen LogP contribution is 2.20. The monoisotopic (exact) mass is 512 g/mol. The number of amides is 2. The van der Waals surface area contributed by atoms with Crippen molar-refractivity contribution in [1.29, 1.82) is 0 Å². The number of rotatable bonds is 11. The molecule has 0 spiro atoms. The number of halogens is 2. The number of nitrogens with zero attached hydrogens (tertiary/aromatic N) is 1. The van der Waals surface area contributed by atoms with Gasteiger partial charge in [-0.1, -0.05) is 66.2 Å². The summed E-state index contributed by atoms with van der Waals surface area (Å²) in [6, 6.07) is 22.4. The molecule has 3 aromatic rings. The van der Waals surface area contributed by atoms with E-state index in [0.29, 0.717) is 17.2 Å². The lowest BCUT2D eigenvalue weighted by Crippen LogP contribution is -2.52. The number of carbonyl (C=O) groups excluding carboxylic acids is 2. The summed E-state index contributed by atoms with van der Waals surface area (Å²) in [5.74, 6) is 0.120. The van der Waals surface area contributed by atoms with Gasteiger partial charge in [0.25, 0.3) is 0 Å². The van der Waals surface area contributed by atoms with Crippen LogP contribution < -0.4 is 5.32 Å². The molecular weight excluding hydrogens is 483 g/mol. The molecule has 0 aliphatic rings. The van der Waals surface area contributed by atoms with Gasteiger partial charge in [-0.3, -0.25) is 9.59 Å². The maximum Gasteiger partial charge on any atom is 0.243 e. The van der Waals surface area contributed by atoms with Gasteiger partial charge >= 0.3 is 0 Å². The molecule has 2 amide bonds. The van der Waals surface area contributed by atoms with Crippen LogP contribution in [0.3, 0.4) is 0 Å². The Balaban J connectivity index is 1.84. The molecule has 7 heteroatoms. The fourth-order valence-corrected chi connectivity index (χ4v) is 4.76. The first kappa shape index (κ1) is 26.8. The number of carbonyl (C=O) groups is 2. The molecular formula is C28H30ClFN2O2S. The summed E-state index contributed by atoms with van der Waals surface area (Å²) in [5, 5.41) is 3.62. The van der Waals surface area contributed by atoms with Crippen LogP contribution in [-0.2, 0) is 28.3 Å². The first-order valence-electron chi connectivity index (χ1n) is 11.5. The van der Waals surface area contributed by atoms with Crippen LogP contribution in [0.2, 0.25) is 5.02 Å². The first-order valence-corrected chi connectivity index (χ1v) is 13.1. The van der Waals surface area contributed by atoms with Gasteiger partial charge in [-0.2, -0.15) is 0 Å². The fraction of sp³-hybridized carbons (Fsp3) is 0.286. The summed E-state index contributed by atoms with van der Waals surface area (Å²) in [6.07, 6.45) is 0.380. The van der Waals surface area contributed by atoms with Gasteiger partial charge in [-0.05, 0) is 54.8 Å². The number of nitrogens with one attached hydrogen (secondary N) is 1. The summed E-state index contributed by atoms with van der Waals surface area (Å²) < 4.78 is 13.5. The van der Waals surface area contributed by atoms with E-state index in [0.717, 1.165) is 16.7 Å². The van der Waals surface area contributed by atoms with Crippen molar-refractivity contribution in [1.82, 2.24) is 10.2 Å². The lowest BCUT2D eigenvalue weighted by molar-refractivity contribution is -0.139. The molecule has 4 nitrogen and oxygen atoms in total. The second-order valence-corrected chi connectivity index (χ2v) is 10.1. The smallest absolute Gasteiger partial charge is 0.243 e. The molecule has 0 aromatic heterocycles. The van der Waals surface area contributed by atoms with Gasteiger partial charge in [-0.15, -0.1) is 11.8 Å². The normalized spacial score (nSPS) is 11.8. The third-order valence-electron chi connectivity index (χ3n) is 5.35. The zero-order chi connectivity index (χ0) is 25.2. The van der Waals surface area contributed by atoms with Crippen LogP contribution in [0.25, 0.3) is 0 Å². The van der Waals surface area contributed by atoms with Crippen LogP contribution in [-0.4, -0.2) is 34.6 Å². The molecule has 0 heterocycles. The standard InChI is InChI=1S/C28H30ClFN2O2S/c1-20(2)31-28(34)26(16-21-7-4-3-5-8-21)32(17-22-11-13-25(30)14-12-22)27(33)19-35-18-23-9-6-10-24(29)15-23/h3-15,20,26H,16-19H2,1-2H3,(H,31,34)/t26-/m0/s1. The molecule has 3 aromatic carbocycles. The van der Waals surface area contributed by atoms with Crippen molar-refractivity contribution in [2.24, 2.45) is 0 Å². The molecule has 0 aliphatic heterocycles. The second kappa shape index (κ2) is 13.3. The van der Waals surface area contributed by atoms with Gasteiger partial charge in [0, 0.05) is 29.8 Å². The van der Waals surface area contributed by atoms with Crippen LogP contribution in [0.15, 0.2) is 78.9 Å². The Labute approximate surface area is 215 Å². The molecule has 0 unspecified atom stereocenters. The van der Waals surface area contributed by atoms with Gasteiger partial charge in [0.05, 0.1) is 5.75 Å². The molecule has 1 N–H and O–H groups in total. The number of thioether (sulfide) groups is 1. The summed E-state index contributed by atoms with van der Waals surface area (Å²) >= 11 is 7.55. The lowest BCUT2D eigenvalue weighted by Gasteiger charge is -2.32. The highest BCUT2D eigenvalue weighted by molar-refractivity contribution is 7.99. The van der Waals surface area contributed by atoms with Crippen molar-refractivity contribution in [2.45, 2.75) is 44.6 Å². The molecule has 0 bridgehead atoms. The molecule has 1 atom stereocenters. The molecule has 184 valence electrons. The number of benzene rings is 3. The molecule has 0 saturated carbocycles. The van der Waals surface area contributed by atoms with Crippen molar-refractivity contribution in [3.8, 4) is 0 Å². The molecule has 3 rings (SSSR count). The minimum atomic E-state index is -0.705. The van der Waals surface area contributed by atoms with Crippen molar-refractivity contribution in [2.75, 3.05) is 5.75 Å². The molecule has 0 fully saturated rings. The van der Waals surface area contributed by atoms with Crippen molar-refractivity contribution in [3.63, 3.8) is 0 Å². The predicted octanol–water partition coefficient (Wildman–Crippen LogP) is 5.88. The van der Waals surface area contributed by atoms with Crippen LogP contribution in [0.5, 0.6) is 0 Å². The Hall–Kier alpha value is -2.83. The Kier molecular flexibility index (Phi) is 10.2. The van der Waals surface area contributed by atoms with Crippen LogP contribution in [0.1, 0.15) is 30.5 Å². The minimum Gasteiger partial charge on any atom is -0.352 e. The van der Waals surface area contributed by atoms with Gasteiger partial charge in [0.1, 0.15) is 11.9 Å². The molecule has 0 saturated heterocycles. The largest absolute Gasteiger partial charge is 0.352 e. The predicted molar refractivity (Wildman–Crippen MR) is 142 cm³/mol. The zero-order valence-corrected chi connectivity index (χ0v) is 21.5. The average molecular weight is 513 g/mol. The zero-order valence-electron chi connectivity index (χ0n) is 19.9. The van der Waals surface area contributed by atoms with Crippen molar-refractivity contribution in [3.05, 3.63) is 106 Å². The quantitative estimate of drug-likeness (QED) is 0.349. The Bertz CT molecular complexity index is 1110. The van der Waals surface area contributed by atoms with E-state index in [2.05, 4.69) is 5.32 Å². The fourth-order valence-electron chi connectivity index (χ4n) is 3.69. The highest BCUT2D eigenvalue weighted by Gasteiger charge is 2.30. The van der Waals surface area contributed by atoms with E-state index in [9.17, 15) is 14.0 Å². The van der Waals surface area contributed by atoms with E-state index in [1.807, 2.05) is 68.4 Å². The topological polar surface area (TPSA) is 49.4 Å². The summed E-state index contributed by atoms with van der Waals surface area (Å²) in [5.41, 5.74) is 2.74. The second-order valence-electron chi connectivity index (χ2n) is 8.64. The average Bonchev–Trinajstić information content (AvgIpc) is 2.82. The van der Waals surface area contributed by atoms with Crippen molar-refractivity contribution >= 4 is 35.2 Å². The third-order valence-corrected chi connectivity index (χ3v) is 6.58. The maximum absolute atomic E-state index is 13.5. The van der Waals surface area contributed by atoms with Gasteiger partial charge in [-0.25, -0.2) is 4.39 Å². The SMILES string of the molecule is CC(C)NC(=O)[C@H](Cc1ccccc1)N(Cc1ccc(F)cc1)C(=O)CSCc1cccc(Cl)c1. The summed E-state index contributed by atoms with van der Waals surface area (Å²) in [6.45, 7) is 3.99. The van der Waals surface area contributed by atoms with Crippen molar-refractivity contribution < 1.29 is 14.0 Å². The molecule has 35 heavy (non-hydrogen) atoms. The van der Waals surface area contributed by atoms with E-state index in [4.69, 9.17) is 11.6 Å². The van der Waals surface area contributed by atoms with E-state index >= 15 is 0 Å². The number of hydrogen-bond acceptors (Lipinski definition) is 3. The van der Waals surface area contributed by atoms with Crippen LogP contribution in [0.4, 0.5) is 4.39 Å². The van der Waals surface area contributed by atoms with Gasteiger partial charge in [0.2, 0.25) is 11.8 Å². The van der Waals surface area contributed by atoms with E-state index < -0.39 is 6.04 Å². The number of hydrogen-bond donors (Lipinski definition) is 1. The highest BCUT2D eigenvalue weighted by atomic mass is 35.5. The minimum absolute atomic E-state index is 0.0687. The summed E-state index contributed by atoms with van der Waals surface area (Å²) in [7, 11) is 0. The molecule has 0 radical (unpaired) electrons. The lowest BCUT2D eigenvalue weighted by atomic mass is 10.0. The Morgan fingerprint density at radius 2 is 1.63 bits per heavy atom. The molecule has 0 aliphatic carbocycles. The maximum atomic E-state index is 13.5. The Morgan fingerprint density at radius 3 is 2.29 bits per heavy atom. The van der Waals surface area contributed by atoms with E-state index in [1.165, 1.54) is 23.9 Å². The van der Waals surface area contributed by atoms with E-state index in [-0.39, 0.29) is 36.0 Å². The Morgan fingerprint density at radius 1 is 0.943 bits per heavy atom. The van der Waals surface area contributed by atoms with Gasteiger partial charge < -0.3 is 10.2 Å². The van der Waals surface area contributed by atoms with E-state index in [1.54, 1.807) is 17.0 Å². The van der Waals surface area contributed by atoms with Gasteiger partial charge in [0.15, 0.2) is 0 Å².